The Hall–Kier alpha value is -2.57. The molecule has 1 rings (SSSR count). The largest absolute Gasteiger partial charge is 0.480 e. The Balaban J connectivity index is 2.68. The molecule has 7 nitrogen and oxygen atoms in total. The third-order valence-corrected chi connectivity index (χ3v) is 2.96. The first-order chi connectivity index (χ1) is 10.3. The maximum absolute atomic E-state index is 12.0. The van der Waals surface area contributed by atoms with Crippen LogP contribution in [0.15, 0.2) is 30.3 Å². The number of aliphatic carboxylic acids is 1. The Kier molecular flexibility index (Phi) is 6.37. The average molecular weight is 309 g/mol. The maximum Gasteiger partial charge on any atom is 0.410 e. The summed E-state index contributed by atoms with van der Waals surface area (Å²) < 4.78 is 9.90. The molecule has 1 N–H and O–H groups in total. The lowest BCUT2D eigenvalue weighted by molar-refractivity contribution is -0.156. The minimum atomic E-state index is -1.33. The summed E-state index contributed by atoms with van der Waals surface area (Å²) in [5, 5.41) is 9.22. The molecule has 120 valence electrons. The fourth-order valence-corrected chi connectivity index (χ4v) is 1.94. The molecule has 0 bridgehead atoms. The first-order valence-electron chi connectivity index (χ1n) is 6.66. The van der Waals surface area contributed by atoms with Crippen LogP contribution in [-0.4, -0.2) is 47.2 Å². The van der Waals surface area contributed by atoms with Gasteiger partial charge in [-0.3, -0.25) is 9.69 Å². The van der Waals surface area contributed by atoms with E-state index >= 15 is 0 Å². The number of carboxylic acids is 1. The number of hydrogen-bond acceptors (Lipinski definition) is 5. The van der Waals surface area contributed by atoms with Crippen LogP contribution in [0.3, 0.4) is 0 Å². The van der Waals surface area contributed by atoms with Crippen LogP contribution >= 0.6 is 0 Å². The molecule has 7 heteroatoms. The van der Waals surface area contributed by atoms with E-state index < -0.39 is 30.2 Å². The van der Waals surface area contributed by atoms with Crippen molar-refractivity contribution >= 4 is 18.0 Å². The highest BCUT2D eigenvalue weighted by molar-refractivity contribution is 5.81. The third-order valence-electron chi connectivity index (χ3n) is 2.96. The van der Waals surface area contributed by atoms with Gasteiger partial charge in [0.15, 0.2) is 6.04 Å². The van der Waals surface area contributed by atoms with Crippen LogP contribution in [0.25, 0.3) is 0 Å². The van der Waals surface area contributed by atoms with E-state index in [4.69, 9.17) is 9.47 Å². The number of benzene rings is 1. The summed E-state index contributed by atoms with van der Waals surface area (Å²) in [6.07, 6.45) is -1.81. The zero-order valence-corrected chi connectivity index (χ0v) is 12.7. The second kappa shape index (κ2) is 8.02. The molecule has 0 aliphatic carbocycles. The first kappa shape index (κ1) is 17.5. The van der Waals surface area contributed by atoms with Gasteiger partial charge in [0.2, 0.25) is 0 Å². The van der Waals surface area contributed by atoms with Crippen molar-refractivity contribution in [2.75, 3.05) is 7.05 Å². The lowest BCUT2D eigenvalue weighted by Gasteiger charge is -2.28. The van der Waals surface area contributed by atoms with E-state index in [9.17, 15) is 19.5 Å². The SMILES string of the molecule is CC(=O)OC(C)C(C(=O)O)N(C)C(=O)OCc1ccccc1. The number of hydrogen-bond donors (Lipinski definition) is 1. The number of carbonyl (C=O) groups excluding carboxylic acids is 2. The number of ether oxygens (including phenoxy) is 2. The number of rotatable bonds is 6. The van der Waals surface area contributed by atoms with Crippen molar-refractivity contribution in [2.45, 2.75) is 32.6 Å². The van der Waals surface area contributed by atoms with E-state index in [0.717, 1.165) is 10.5 Å². The molecule has 0 heterocycles. The van der Waals surface area contributed by atoms with Crippen molar-refractivity contribution in [1.82, 2.24) is 4.90 Å². The smallest absolute Gasteiger partial charge is 0.410 e. The zero-order chi connectivity index (χ0) is 16.7. The Morgan fingerprint density at radius 1 is 1.23 bits per heavy atom. The molecule has 0 saturated carbocycles. The lowest BCUT2D eigenvalue weighted by Crippen LogP contribution is -2.50. The fraction of sp³-hybridized carbons (Fsp3) is 0.400. The molecule has 0 fully saturated rings. The quantitative estimate of drug-likeness (QED) is 0.803. The third kappa shape index (κ3) is 5.08. The van der Waals surface area contributed by atoms with Crippen LogP contribution in [0.4, 0.5) is 4.79 Å². The Morgan fingerprint density at radius 3 is 2.32 bits per heavy atom. The molecule has 0 spiro atoms. The topological polar surface area (TPSA) is 93.1 Å². The zero-order valence-electron chi connectivity index (χ0n) is 12.7. The Labute approximate surface area is 128 Å². The molecule has 1 amide bonds. The molecule has 0 aliphatic rings. The van der Waals surface area contributed by atoms with Crippen LogP contribution < -0.4 is 0 Å². The highest BCUT2D eigenvalue weighted by Crippen LogP contribution is 2.10. The maximum atomic E-state index is 12.0. The Morgan fingerprint density at radius 2 is 1.82 bits per heavy atom. The lowest BCUT2D eigenvalue weighted by atomic mass is 10.1. The van der Waals surface area contributed by atoms with Gasteiger partial charge in [-0.05, 0) is 12.5 Å². The minimum Gasteiger partial charge on any atom is -0.480 e. The summed E-state index contributed by atoms with van der Waals surface area (Å²) in [5.41, 5.74) is 0.782. The summed E-state index contributed by atoms with van der Waals surface area (Å²) in [7, 11) is 1.28. The number of carboxylic acid groups (broad SMARTS) is 1. The monoisotopic (exact) mass is 309 g/mol. The van der Waals surface area contributed by atoms with E-state index in [0.29, 0.717) is 0 Å². The molecule has 0 saturated heterocycles. The van der Waals surface area contributed by atoms with Gasteiger partial charge in [-0.1, -0.05) is 30.3 Å². The number of amides is 1. The van der Waals surface area contributed by atoms with E-state index in [2.05, 4.69) is 0 Å². The normalized spacial score (nSPS) is 12.9. The highest BCUT2D eigenvalue weighted by Gasteiger charge is 2.34. The number of likely N-dealkylation sites (N-methyl/N-ethyl adjacent to an activating group) is 1. The van der Waals surface area contributed by atoms with Gasteiger partial charge < -0.3 is 14.6 Å². The van der Waals surface area contributed by atoms with Crippen molar-refractivity contribution in [3.63, 3.8) is 0 Å². The molecule has 22 heavy (non-hydrogen) atoms. The molecule has 0 radical (unpaired) electrons. The van der Waals surface area contributed by atoms with Gasteiger partial charge in [-0.15, -0.1) is 0 Å². The van der Waals surface area contributed by atoms with Crippen LogP contribution in [0.1, 0.15) is 19.4 Å². The number of nitrogens with zero attached hydrogens (tertiary/aromatic N) is 1. The summed E-state index contributed by atoms with van der Waals surface area (Å²) in [6, 6.07) is 7.67. The van der Waals surface area contributed by atoms with Gasteiger partial charge in [0.1, 0.15) is 12.7 Å². The highest BCUT2D eigenvalue weighted by atomic mass is 16.6. The molecule has 2 atom stereocenters. The summed E-state index contributed by atoms with van der Waals surface area (Å²) in [6.45, 7) is 2.60. The summed E-state index contributed by atoms with van der Waals surface area (Å²) >= 11 is 0. The van der Waals surface area contributed by atoms with E-state index in [1.807, 2.05) is 6.07 Å². The Bertz CT molecular complexity index is 530. The van der Waals surface area contributed by atoms with E-state index in [-0.39, 0.29) is 6.61 Å². The molecule has 2 unspecified atom stereocenters. The predicted molar refractivity (Wildman–Crippen MR) is 77.0 cm³/mol. The van der Waals surface area contributed by atoms with E-state index in [1.165, 1.54) is 20.9 Å². The molecule has 0 aliphatic heterocycles. The van der Waals surface area contributed by atoms with Crippen molar-refractivity contribution < 1.29 is 29.0 Å². The van der Waals surface area contributed by atoms with Gasteiger partial charge in [-0.25, -0.2) is 9.59 Å². The molecular formula is C15H19NO6. The van der Waals surface area contributed by atoms with Gasteiger partial charge in [0.05, 0.1) is 0 Å². The molecule has 0 aromatic heterocycles. The van der Waals surface area contributed by atoms with Crippen molar-refractivity contribution in [1.29, 1.82) is 0 Å². The van der Waals surface area contributed by atoms with Crippen LogP contribution in [0.5, 0.6) is 0 Å². The number of esters is 1. The van der Waals surface area contributed by atoms with Crippen molar-refractivity contribution in [3.05, 3.63) is 35.9 Å². The molecule has 1 aromatic rings. The van der Waals surface area contributed by atoms with Crippen molar-refractivity contribution in [3.8, 4) is 0 Å². The van der Waals surface area contributed by atoms with Gasteiger partial charge in [0, 0.05) is 14.0 Å². The predicted octanol–water partition coefficient (Wildman–Crippen LogP) is 1.66. The second-order valence-corrected chi connectivity index (χ2v) is 4.75. The minimum absolute atomic E-state index is 0.0261. The van der Waals surface area contributed by atoms with Gasteiger partial charge in [-0.2, -0.15) is 0 Å². The molecule has 1 aromatic carbocycles. The first-order valence-corrected chi connectivity index (χ1v) is 6.66. The van der Waals surface area contributed by atoms with Crippen molar-refractivity contribution in [2.24, 2.45) is 0 Å². The summed E-state index contributed by atoms with van der Waals surface area (Å²) in [5.74, 6) is -1.90. The number of carbonyl (C=O) groups is 3. The van der Waals surface area contributed by atoms with Crippen LogP contribution in [-0.2, 0) is 25.7 Å². The standard InChI is InChI=1S/C15H19NO6/c1-10(22-11(2)17)13(14(18)19)16(3)15(20)21-9-12-7-5-4-6-8-12/h4-8,10,13H,9H2,1-3H3,(H,18,19). The van der Waals surface area contributed by atoms with E-state index in [1.54, 1.807) is 24.3 Å². The van der Waals surface area contributed by atoms with Crippen LogP contribution in [0.2, 0.25) is 0 Å². The molecular weight excluding hydrogens is 290 g/mol. The van der Waals surface area contributed by atoms with Gasteiger partial charge in [0.25, 0.3) is 0 Å². The fourth-order valence-electron chi connectivity index (χ4n) is 1.94. The average Bonchev–Trinajstić information content (AvgIpc) is 2.44. The van der Waals surface area contributed by atoms with Crippen LogP contribution in [0, 0.1) is 0 Å². The second-order valence-electron chi connectivity index (χ2n) is 4.75. The summed E-state index contributed by atoms with van der Waals surface area (Å²) in [4.78, 5) is 35.1. The van der Waals surface area contributed by atoms with Gasteiger partial charge >= 0.3 is 18.0 Å².